The average molecular weight is 284 g/mol. The first kappa shape index (κ1) is 14.9. The maximum absolute atomic E-state index is 12.1. The Labute approximate surface area is 125 Å². The summed E-state index contributed by atoms with van der Waals surface area (Å²) in [5.41, 5.74) is 4.80. The van der Waals surface area contributed by atoms with Crippen molar-refractivity contribution in [2.75, 3.05) is 5.75 Å². The molecule has 2 aromatic rings. The van der Waals surface area contributed by atoms with Gasteiger partial charge in [-0.3, -0.25) is 4.79 Å². The number of carbonyl (C=O) groups excluding carboxylic acids is 1. The van der Waals surface area contributed by atoms with Crippen LogP contribution in [0.5, 0.6) is 0 Å². The number of ketones is 1. The first-order chi connectivity index (χ1) is 9.56. The van der Waals surface area contributed by atoms with E-state index in [4.69, 9.17) is 0 Å². The molecular weight excluding hydrogens is 264 g/mol. The number of carbonyl (C=O) groups is 1. The molecule has 0 saturated carbocycles. The van der Waals surface area contributed by atoms with E-state index >= 15 is 0 Å². The molecule has 0 saturated heterocycles. The number of aryl methyl sites for hydroxylation is 3. The van der Waals surface area contributed by atoms with Crippen LogP contribution in [-0.4, -0.2) is 11.5 Å². The Morgan fingerprint density at radius 2 is 1.75 bits per heavy atom. The summed E-state index contributed by atoms with van der Waals surface area (Å²) in [7, 11) is 0. The van der Waals surface area contributed by atoms with Gasteiger partial charge in [0.2, 0.25) is 0 Å². The quantitative estimate of drug-likeness (QED) is 0.751. The third-order valence-corrected chi connectivity index (χ3v) is 4.61. The van der Waals surface area contributed by atoms with Gasteiger partial charge in [-0.1, -0.05) is 42.0 Å². The van der Waals surface area contributed by atoms with Crippen molar-refractivity contribution in [3.05, 3.63) is 64.7 Å². The number of rotatable bonds is 5. The van der Waals surface area contributed by atoms with Crippen LogP contribution in [0.3, 0.4) is 0 Å². The molecule has 0 radical (unpaired) electrons. The molecule has 0 fully saturated rings. The van der Waals surface area contributed by atoms with Gasteiger partial charge in [-0.2, -0.15) is 0 Å². The zero-order chi connectivity index (χ0) is 14.5. The van der Waals surface area contributed by atoms with Crippen molar-refractivity contribution < 1.29 is 4.79 Å². The van der Waals surface area contributed by atoms with E-state index in [2.05, 4.69) is 51.1 Å². The summed E-state index contributed by atoms with van der Waals surface area (Å²) >= 11 is 1.63. The molecule has 0 aliphatic heterocycles. The van der Waals surface area contributed by atoms with Crippen molar-refractivity contribution in [2.45, 2.75) is 32.1 Å². The van der Waals surface area contributed by atoms with Gasteiger partial charge in [0.15, 0.2) is 0 Å². The Hall–Kier alpha value is -1.54. The number of Topliss-reactive ketones (excluding diaryl/α,β-unsaturated/α-hetero) is 1. The number of thioether (sulfide) groups is 1. The van der Waals surface area contributed by atoms with Crippen LogP contribution in [0, 0.1) is 20.8 Å². The largest absolute Gasteiger partial charge is 0.298 e. The molecule has 0 bridgehead atoms. The fourth-order valence-electron chi connectivity index (χ4n) is 2.13. The van der Waals surface area contributed by atoms with E-state index in [1.54, 1.807) is 11.8 Å². The summed E-state index contributed by atoms with van der Waals surface area (Å²) in [6.07, 6.45) is 0.534. The van der Waals surface area contributed by atoms with Crippen molar-refractivity contribution in [1.82, 2.24) is 0 Å². The lowest BCUT2D eigenvalue weighted by Crippen LogP contribution is -2.07. The third kappa shape index (κ3) is 3.97. The second-order valence-corrected chi connectivity index (χ2v) is 6.22. The summed E-state index contributed by atoms with van der Waals surface area (Å²) in [4.78, 5) is 13.3. The molecule has 0 N–H and O–H groups in total. The van der Waals surface area contributed by atoms with Crippen molar-refractivity contribution >= 4 is 17.5 Å². The van der Waals surface area contributed by atoms with Crippen molar-refractivity contribution in [2.24, 2.45) is 0 Å². The fourth-order valence-corrected chi connectivity index (χ4v) is 3.02. The number of hydrogen-bond donors (Lipinski definition) is 0. The highest BCUT2D eigenvalue weighted by atomic mass is 32.2. The van der Waals surface area contributed by atoms with Crippen molar-refractivity contribution in [3.8, 4) is 0 Å². The lowest BCUT2D eigenvalue weighted by Gasteiger charge is -2.07. The molecule has 0 heterocycles. The van der Waals surface area contributed by atoms with E-state index < -0.39 is 0 Å². The average Bonchev–Trinajstić information content (AvgIpc) is 2.42. The van der Waals surface area contributed by atoms with Crippen LogP contribution in [0.4, 0.5) is 0 Å². The molecule has 0 aliphatic carbocycles. The van der Waals surface area contributed by atoms with Gasteiger partial charge in [0.05, 0.1) is 5.75 Å². The second kappa shape index (κ2) is 6.76. The van der Waals surface area contributed by atoms with Gasteiger partial charge in [0.1, 0.15) is 5.78 Å². The van der Waals surface area contributed by atoms with E-state index in [-0.39, 0.29) is 5.78 Å². The van der Waals surface area contributed by atoms with Gasteiger partial charge in [-0.25, -0.2) is 0 Å². The minimum Gasteiger partial charge on any atom is -0.298 e. The predicted molar refractivity (Wildman–Crippen MR) is 86.5 cm³/mol. The highest BCUT2D eigenvalue weighted by Crippen LogP contribution is 2.22. The van der Waals surface area contributed by atoms with Gasteiger partial charge in [0.25, 0.3) is 0 Å². The predicted octanol–water partition coefficient (Wildman–Crippen LogP) is 4.52. The maximum Gasteiger partial charge on any atom is 0.147 e. The van der Waals surface area contributed by atoms with Crippen molar-refractivity contribution in [3.63, 3.8) is 0 Å². The molecule has 2 heteroatoms. The topological polar surface area (TPSA) is 17.1 Å². The van der Waals surface area contributed by atoms with Gasteiger partial charge in [-0.05, 0) is 43.5 Å². The van der Waals surface area contributed by atoms with E-state index in [1.165, 1.54) is 21.6 Å². The fraction of sp³-hybridized carbons (Fsp3) is 0.278. The Bertz CT molecular complexity index is 617. The van der Waals surface area contributed by atoms with Crippen LogP contribution in [0.25, 0.3) is 0 Å². The van der Waals surface area contributed by atoms with Crippen LogP contribution < -0.4 is 0 Å². The molecule has 20 heavy (non-hydrogen) atoms. The minimum absolute atomic E-state index is 0.284. The zero-order valence-corrected chi connectivity index (χ0v) is 13.1. The molecule has 0 unspecified atom stereocenters. The first-order valence-electron chi connectivity index (χ1n) is 6.82. The Morgan fingerprint density at radius 1 is 1.00 bits per heavy atom. The van der Waals surface area contributed by atoms with Crippen LogP contribution in [0.15, 0.2) is 47.4 Å². The standard InChI is InChI=1S/C18H20OS/c1-13-8-9-14(2)16(10-13)11-17(19)12-20-18-7-5-4-6-15(18)3/h4-10H,11-12H2,1-3H3. The summed E-state index contributed by atoms with van der Waals surface area (Å²) in [6.45, 7) is 6.21. The summed E-state index contributed by atoms with van der Waals surface area (Å²) in [5.74, 6) is 0.824. The van der Waals surface area contributed by atoms with Gasteiger partial charge >= 0.3 is 0 Å². The molecule has 0 aromatic heterocycles. The smallest absolute Gasteiger partial charge is 0.147 e. The lowest BCUT2D eigenvalue weighted by atomic mass is 10.0. The van der Waals surface area contributed by atoms with Crippen LogP contribution >= 0.6 is 11.8 Å². The van der Waals surface area contributed by atoms with Crippen molar-refractivity contribution in [1.29, 1.82) is 0 Å². The molecule has 2 aromatic carbocycles. The highest BCUT2D eigenvalue weighted by Gasteiger charge is 2.08. The molecule has 104 valence electrons. The Balaban J connectivity index is 1.96. The maximum atomic E-state index is 12.1. The van der Waals surface area contributed by atoms with E-state index in [9.17, 15) is 4.79 Å². The highest BCUT2D eigenvalue weighted by molar-refractivity contribution is 8.00. The minimum atomic E-state index is 0.284. The molecule has 0 amide bonds. The van der Waals surface area contributed by atoms with Crippen LogP contribution in [0.1, 0.15) is 22.3 Å². The van der Waals surface area contributed by atoms with Gasteiger partial charge in [-0.15, -0.1) is 11.8 Å². The SMILES string of the molecule is Cc1ccc(C)c(CC(=O)CSc2ccccc2C)c1. The van der Waals surface area contributed by atoms with E-state index in [1.807, 2.05) is 12.1 Å². The molecular formula is C18H20OS. The molecule has 0 atom stereocenters. The van der Waals surface area contributed by atoms with Gasteiger partial charge < -0.3 is 0 Å². The molecule has 0 spiro atoms. The van der Waals surface area contributed by atoms with E-state index in [0.29, 0.717) is 12.2 Å². The first-order valence-corrected chi connectivity index (χ1v) is 7.81. The third-order valence-electron chi connectivity index (χ3n) is 3.37. The number of hydrogen-bond acceptors (Lipinski definition) is 2. The summed E-state index contributed by atoms with van der Waals surface area (Å²) < 4.78 is 0. The van der Waals surface area contributed by atoms with Crippen LogP contribution in [0.2, 0.25) is 0 Å². The normalized spacial score (nSPS) is 10.6. The summed E-state index contributed by atoms with van der Waals surface area (Å²) in [5, 5.41) is 0. The number of benzene rings is 2. The lowest BCUT2D eigenvalue weighted by molar-refractivity contribution is -0.116. The Kier molecular flexibility index (Phi) is 5.02. The second-order valence-electron chi connectivity index (χ2n) is 5.20. The Morgan fingerprint density at radius 3 is 2.50 bits per heavy atom. The molecule has 0 aliphatic rings. The summed E-state index contributed by atoms with van der Waals surface area (Å²) in [6, 6.07) is 14.5. The van der Waals surface area contributed by atoms with Crippen LogP contribution in [-0.2, 0) is 11.2 Å². The monoisotopic (exact) mass is 284 g/mol. The molecule has 1 nitrogen and oxygen atoms in total. The molecule has 2 rings (SSSR count). The van der Waals surface area contributed by atoms with E-state index in [0.717, 1.165) is 5.56 Å². The zero-order valence-electron chi connectivity index (χ0n) is 12.3. The van der Waals surface area contributed by atoms with Gasteiger partial charge in [0, 0.05) is 11.3 Å².